The molecule has 0 aromatic heterocycles. The maximum atomic E-state index is 10.4. The minimum atomic E-state index is -5.42. The van der Waals surface area contributed by atoms with Crippen LogP contribution in [0.3, 0.4) is 0 Å². The van der Waals surface area contributed by atoms with Gasteiger partial charge in [-0.05, 0) is 0 Å². The fourth-order valence-corrected chi connectivity index (χ4v) is 0. The molecule has 0 radical (unpaired) electrons. The summed E-state index contributed by atoms with van der Waals surface area (Å²) in [5.41, 5.74) is 0. The number of halogens is 10. The Kier molecular flexibility index (Phi) is 53.5. The molecule has 4 nitrogen and oxygen atoms in total. The molecule has 0 aromatic rings. The van der Waals surface area contributed by atoms with Gasteiger partial charge in [-0.15, -0.1) is 0 Å². The zero-order valence-corrected chi connectivity index (χ0v) is 11.2. The van der Waals surface area contributed by atoms with E-state index in [1.165, 1.54) is 0 Å². The largest absolute Gasteiger partial charge is 6.00 e. The van der Waals surface area contributed by atoms with Gasteiger partial charge in [0.25, 0.3) is 0 Å². The Morgan fingerprint density at radius 3 is 0.522 bits per heavy atom. The molecule has 0 fully saturated rings. The van der Waals surface area contributed by atoms with E-state index < -0.39 is 25.2 Å². The molecule has 0 aliphatic heterocycles. The molecule has 0 aromatic carbocycles. The van der Waals surface area contributed by atoms with Crippen LogP contribution in [0.1, 0.15) is 0 Å². The molecule has 0 spiro atoms. The molecular weight excluding hydrogens is 406 g/mol. The summed E-state index contributed by atoms with van der Waals surface area (Å²) in [5, 5.41) is 0. The standard InChI is InChI=1S/2C2F5.4CHO.Fe/c2*3-1(4)2(5,6)7;4*1-2;/h;;4*1H;/q6*-1;+6. The first-order valence-electron chi connectivity index (χ1n) is 3.33. The van der Waals surface area contributed by atoms with Crippen LogP contribution in [-0.4, -0.2) is 39.5 Å². The van der Waals surface area contributed by atoms with Crippen molar-refractivity contribution in [1.82, 2.24) is 0 Å². The van der Waals surface area contributed by atoms with Crippen LogP contribution in [0.15, 0.2) is 0 Å². The molecule has 0 saturated carbocycles. The summed E-state index contributed by atoms with van der Waals surface area (Å²) in [6.45, 7) is 13.0. The monoisotopic (exact) mass is 410 g/mol. The first-order valence-corrected chi connectivity index (χ1v) is 3.33. The predicted molar refractivity (Wildman–Crippen MR) is 50.0 cm³/mol. The zero-order valence-electron chi connectivity index (χ0n) is 10.1. The van der Waals surface area contributed by atoms with Gasteiger partial charge in [-0.25, -0.2) is 26.3 Å². The van der Waals surface area contributed by atoms with E-state index in [4.69, 9.17) is 19.2 Å². The first kappa shape index (κ1) is 43.0. The van der Waals surface area contributed by atoms with Crippen molar-refractivity contribution in [3.63, 3.8) is 0 Å². The van der Waals surface area contributed by atoms with Crippen LogP contribution in [0.4, 0.5) is 43.9 Å². The molecule has 0 amide bonds. The molecule has 0 atom stereocenters. The van der Waals surface area contributed by atoms with Crippen LogP contribution >= 0.6 is 0 Å². The number of hydrogen-bond donors (Lipinski definition) is 0. The summed E-state index contributed by atoms with van der Waals surface area (Å²) >= 11 is 0. The number of hydrogen-bond acceptors (Lipinski definition) is 4. The van der Waals surface area contributed by atoms with Crippen molar-refractivity contribution >= 4 is 27.2 Å². The summed E-state index contributed by atoms with van der Waals surface area (Å²) in [4.78, 5) is 31.0. The maximum absolute atomic E-state index is 10.4. The summed E-state index contributed by atoms with van der Waals surface area (Å²) < 4.78 is 104. The second-order valence-electron chi connectivity index (χ2n) is 1.52. The smallest absolute Gasteiger partial charge is 0.545 e. The van der Waals surface area contributed by atoms with E-state index in [9.17, 15) is 43.9 Å². The minimum Gasteiger partial charge on any atom is -0.545 e. The van der Waals surface area contributed by atoms with Crippen LogP contribution in [-0.2, 0) is 36.2 Å². The van der Waals surface area contributed by atoms with Gasteiger partial charge in [-0.1, -0.05) is 0 Å². The van der Waals surface area contributed by atoms with Crippen LogP contribution in [0.2, 0.25) is 0 Å². The average molecular weight is 410 g/mol. The molecule has 138 valence electrons. The van der Waals surface area contributed by atoms with Crippen LogP contribution in [0.25, 0.3) is 0 Å². The number of rotatable bonds is 0. The van der Waals surface area contributed by atoms with Gasteiger partial charge in [0, 0.05) is 0 Å². The second-order valence-corrected chi connectivity index (χ2v) is 1.52. The molecule has 23 heavy (non-hydrogen) atoms. The van der Waals surface area contributed by atoms with Gasteiger partial charge in [-0.2, -0.15) is 0 Å². The molecule has 0 aliphatic carbocycles. The van der Waals surface area contributed by atoms with Crippen LogP contribution in [0, 0.1) is 12.9 Å². The third-order valence-electron chi connectivity index (χ3n) is 0.429. The quantitative estimate of drug-likeness (QED) is 0.267. The van der Waals surface area contributed by atoms with E-state index in [1.54, 1.807) is 0 Å². The van der Waals surface area contributed by atoms with Crippen molar-refractivity contribution in [2.45, 2.75) is 12.4 Å². The summed E-state index contributed by atoms with van der Waals surface area (Å²) in [5.74, 6) is 0. The summed E-state index contributed by atoms with van der Waals surface area (Å²) in [6, 6.07) is 0. The average Bonchev–Trinajstić information content (AvgIpc) is 2.46. The normalized spacial score (nSPS) is 8.52. The third kappa shape index (κ3) is 63.6. The van der Waals surface area contributed by atoms with Crippen molar-refractivity contribution < 1.29 is 80.2 Å². The van der Waals surface area contributed by atoms with E-state index in [-0.39, 0.29) is 17.1 Å². The Labute approximate surface area is 133 Å². The number of alkyl halides is 6. The van der Waals surface area contributed by atoms with Gasteiger partial charge >= 0.3 is 29.4 Å². The number of carbonyl (C=O) groups excluding carboxylic acids is 4. The Bertz CT molecular complexity index is 186. The molecule has 0 unspecified atom stereocenters. The molecule has 0 saturated heterocycles. The van der Waals surface area contributed by atoms with Gasteiger partial charge in [-0.3, -0.25) is 27.2 Å². The summed E-state index contributed by atoms with van der Waals surface area (Å²) in [6.07, 6.45) is -17.8. The van der Waals surface area contributed by atoms with Crippen molar-refractivity contribution in [2.24, 2.45) is 0 Å². The van der Waals surface area contributed by atoms with Crippen LogP contribution < -0.4 is 0 Å². The molecule has 15 heteroatoms. The molecule has 0 heterocycles. The second kappa shape index (κ2) is 28.6. The van der Waals surface area contributed by atoms with Crippen LogP contribution in [0.5, 0.6) is 0 Å². The summed E-state index contributed by atoms with van der Waals surface area (Å²) in [7, 11) is 0. The topological polar surface area (TPSA) is 68.3 Å². The van der Waals surface area contributed by atoms with E-state index in [0.717, 1.165) is 0 Å². The SMILES string of the molecule is F[C-](F)C(F)(F)F.F[C-](F)C(F)(F)F.[CH-]=O.[CH-]=O.[CH-]=O.[CH-]=O.[Fe+6]. The van der Waals surface area contributed by atoms with Crippen molar-refractivity contribution in [2.75, 3.05) is 0 Å². The van der Waals surface area contributed by atoms with Gasteiger partial charge in [0.15, 0.2) is 0 Å². The van der Waals surface area contributed by atoms with Gasteiger partial charge in [0.1, 0.15) is 12.9 Å². The Morgan fingerprint density at radius 1 is 0.478 bits per heavy atom. The van der Waals surface area contributed by atoms with Gasteiger partial charge in [0.05, 0.1) is 0 Å². The van der Waals surface area contributed by atoms with Gasteiger partial charge in [0.2, 0.25) is 0 Å². The maximum Gasteiger partial charge on any atom is 6.00 e. The fourth-order valence-electron chi connectivity index (χ4n) is 0. The van der Waals surface area contributed by atoms with E-state index in [0.29, 0.717) is 0 Å². The van der Waals surface area contributed by atoms with E-state index >= 15 is 0 Å². The third-order valence-corrected chi connectivity index (χ3v) is 0.429. The van der Waals surface area contributed by atoms with Crippen molar-refractivity contribution in [3.8, 4) is 0 Å². The zero-order chi connectivity index (χ0) is 20.2. The Hall–Kier alpha value is -1.50. The van der Waals surface area contributed by atoms with Crippen molar-refractivity contribution in [3.05, 3.63) is 12.9 Å². The van der Waals surface area contributed by atoms with Gasteiger partial charge < -0.3 is 36.7 Å². The minimum absolute atomic E-state index is 0. The Morgan fingerprint density at radius 2 is 0.522 bits per heavy atom. The Balaban J connectivity index is -0.0000000301. The molecule has 0 aliphatic rings. The fraction of sp³-hybridized carbons (Fsp3) is 0.250. The molecule has 0 N–H and O–H groups in total. The predicted octanol–water partition coefficient (Wildman–Crippen LogP) is 2.86. The molecule has 0 bridgehead atoms. The molecular formula is C8H4F10FeO4. The molecule has 0 rings (SSSR count). The van der Waals surface area contributed by atoms with E-state index in [1.807, 2.05) is 0 Å². The first-order chi connectivity index (χ1) is 9.89. The van der Waals surface area contributed by atoms with Crippen molar-refractivity contribution in [1.29, 1.82) is 0 Å². The van der Waals surface area contributed by atoms with E-state index in [2.05, 4.69) is 27.2 Å².